The van der Waals surface area contributed by atoms with E-state index in [2.05, 4.69) is 10.3 Å². The van der Waals surface area contributed by atoms with Gasteiger partial charge in [0.2, 0.25) is 5.75 Å². The van der Waals surface area contributed by atoms with E-state index in [-0.39, 0.29) is 5.91 Å². The molecule has 0 saturated carbocycles. The second-order valence-electron chi connectivity index (χ2n) is 5.97. The van der Waals surface area contributed by atoms with Crippen molar-refractivity contribution in [1.29, 1.82) is 0 Å². The topological polar surface area (TPSA) is 72.9 Å². The monoisotopic (exact) mass is 357 g/mol. The lowest BCUT2D eigenvalue weighted by Gasteiger charge is -2.16. The Morgan fingerprint density at radius 2 is 1.65 bits per heavy atom. The fraction of sp³-hybridized carbons (Fsp3) is 0.368. The second-order valence-corrected chi connectivity index (χ2v) is 5.97. The Hall–Kier alpha value is -2.96. The number of amides is 1. The van der Waals surface area contributed by atoms with Crippen molar-refractivity contribution in [2.75, 3.05) is 39.7 Å². The minimum absolute atomic E-state index is 0.0122. The molecule has 0 atom stereocenters. The van der Waals surface area contributed by atoms with E-state index in [4.69, 9.17) is 14.2 Å². The van der Waals surface area contributed by atoms with E-state index < -0.39 is 0 Å². The Labute approximate surface area is 152 Å². The second kappa shape index (κ2) is 7.95. The van der Waals surface area contributed by atoms with Gasteiger partial charge in [0, 0.05) is 30.9 Å². The predicted molar refractivity (Wildman–Crippen MR) is 98.8 cm³/mol. The first-order valence-electron chi connectivity index (χ1n) is 8.48. The number of nitrogens with one attached hydrogen (secondary N) is 1. The van der Waals surface area contributed by atoms with E-state index in [1.807, 2.05) is 23.1 Å². The first-order chi connectivity index (χ1) is 12.7. The molecule has 0 radical (unpaired) electrons. The van der Waals surface area contributed by atoms with E-state index in [1.165, 1.54) is 0 Å². The summed E-state index contributed by atoms with van der Waals surface area (Å²) in [6, 6.07) is 7.19. The first kappa shape index (κ1) is 17.8. The number of methoxy groups -OCH3 is 3. The fourth-order valence-corrected chi connectivity index (χ4v) is 3.00. The van der Waals surface area contributed by atoms with Crippen LogP contribution in [0.3, 0.4) is 0 Å². The molecule has 0 spiro atoms. The smallest absolute Gasteiger partial charge is 0.272 e. The number of carbonyl (C=O) groups is 1. The summed E-state index contributed by atoms with van der Waals surface area (Å²) in [6.45, 7) is 1.62. The summed E-state index contributed by atoms with van der Waals surface area (Å²) in [5, 5.41) is 3.24. The molecule has 1 aromatic heterocycles. The number of hydrogen-bond acceptors (Lipinski definition) is 6. The van der Waals surface area contributed by atoms with E-state index in [1.54, 1.807) is 33.6 Å². The van der Waals surface area contributed by atoms with Crippen molar-refractivity contribution in [3.05, 3.63) is 36.2 Å². The lowest BCUT2D eigenvalue weighted by atomic mass is 10.2. The van der Waals surface area contributed by atoms with E-state index in [9.17, 15) is 4.79 Å². The van der Waals surface area contributed by atoms with E-state index in [0.29, 0.717) is 22.9 Å². The van der Waals surface area contributed by atoms with Crippen molar-refractivity contribution in [3.63, 3.8) is 0 Å². The Kier molecular flexibility index (Phi) is 5.46. The minimum atomic E-state index is -0.0122. The Morgan fingerprint density at radius 3 is 2.15 bits per heavy atom. The molecule has 1 N–H and O–H groups in total. The van der Waals surface area contributed by atoms with Crippen LogP contribution in [0.5, 0.6) is 17.2 Å². The van der Waals surface area contributed by atoms with Crippen molar-refractivity contribution in [1.82, 2.24) is 9.88 Å². The highest BCUT2D eigenvalue weighted by Crippen LogP contribution is 2.40. The molecule has 0 bridgehead atoms. The van der Waals surface area contributed by atoms with Crippen LogP contribution in [0, 0.1) is 0 Å². The van der Waals surface area contributed by atoms with Crippen LogP contribution in [0.25, 0.3) is 0 Å². The van der Waals surface area contributed by atoms with Gasteiger partial charge in [0.25, 0.3) is 5.91 Å². The summed E-state index contributed by atoms with van der Waals surface area (Å²) in [5.74, 6) is 1.64. The summed E-state index contributed by atoms with van der Waals surface area (Å²) in [4.78, 5) is 18.5. The van der Waals surface area contributed by atoms with Gasteiger partial charge in [-0.1, -0.05) is 0 Å². The van der Waals surface area contributed by atoms with Gasteiger partial charge in [-0.3, -0.25) is 4.79 Å². The molecular weight excluding hydrogens is 334 g/mol. The number of nitrogens with zero attached hydrogens (tertiary/aromatic N) is 2. The van der Waals surface area contributed by atoms with Gasteiger partial charge in [-0.15, -0.1) is 0 Å². The lowest BCUT2D eigenvalue weighted by Crippen LogP contribution is -2.28. The Morgan fingerprint density at radius 1 is 1.00 bits per heavy atom. The number of benzene rings is 1. The third kappa shape index (κ3) is 3.66. The van der Waals surface area contributed by atoms with Gasteiger partial charge in [-0.25, -0.2) is 4.98 Å². The molecule has 7 nitrogen and oxygen atoms in total. The van der Waals surface area contributed by atoms with Crippen LogP contribution in [-0.2, 0) is 0 Å². The number of hydrogen-bond donors (Lipinski definition) is 1. The van der Waals surface area contributed by atoms with E-state index in [0.717, 1.165) is 37.3 Å². The Bertz CT molecular complexity index is 746. The molecule has 138 valence electrons. The number of pyridine rings is 1. The summed E-state index contributed by atoms with van der Waals surface area (Å²) in [7, 11) is 4.70. The number of anilines is 2. The van der Waals surface area contributed by atoms with Crippen molar-refractivity contribution >= 4 is 17.3 Å². The van der Waals surface area contributed by atoms with E-state index >= 15 is 0 Å². The highest BCUT2D eigenvalue weighted by Gasteiger charge is 2.20. The molecular formula is C19H23N3O4. The van der Waals surface area contributed by atoms with Crippen LogP contribution in [0.2, 0.25) is 0 Å². The Balaban J connectivity index is 1.77. The number of rotatable bonds is 6. The van der Waals surface area contributed by atoms with Crippen molar-refractivity contribution in [2.24, 2.45) is 0 Å². The van der Waals surface area contributed by atoms with Gasteiger partial charge in [0.05, 0.1) is 33.2 Å². The molecule has 1 fully saturated rings. The third-order valence-electron chi connectivity index (χ3n) is 4.33. The van der Waals surface area contributed by atoms with Crippen molar-refractivity contribution in [2.45, 2.75) is 12.8 Å². The zero-order valence-corrected chi connectivity index (χ0v) is 15.2. The molecule has 0 aliphatic carbocycles. The highest BCUT2D eigenvalue weighted by molar-refractivity contribution is 5.92. The van der Waals surface area contributed by atoms with Crippen molar-refractivity contribution < 1.29 is 19.0 Å². The van der Waals surface area contributed by atoms with Crippen LogP contribution in [-0.4, -0.2) is 50.2 Å². The molecule has 1 aliphatic heterocycles. The van der Waals surface area contributed by atoms with Crippen LogP contribution in [0.1, 0.15) is 23.3 Å². The first-order valence-corrected chi connectivity index (χ1v) is 8.48. The SMILES string of the molecule is COc1cc(Nc2ccc(C(=O)N3CCCC3)nc2)cc(OC)c1OC. The highest BCUT2D eigenvalue weighted by atomic mass is 16.5. The summed E-state index contributed by atoms with van der Waals surface area (Å²) >= 11 is 0. The molecule has 1 saturated heterocycles. The zero-order chi connectivity index (χ0) is 18.5. The van der Waals surface area contributed by atoms with Crippen molar-refractivity contribution in [3.8, 4) is 17.2 Å². The van der Waals surface area contributed by atoms with Gasteiger partial charge in [0.15, 0.2) is 11.5 Å². The predicted octanol–water partition coefficient (Wildman–Crippen LogP) is 3.09. The van der Waals surface area contributed by atoms with Gasteiger partial charge >= 0.3 is 0 Å². The van der Waals surface area contributed by atoms with Gasteiger partial charge in [0.1, 0.15) is 5.69 Å². The molecule has 1 aromatic carbocycles. The average molecular weight is 357 g/mol. The molecule has 3 rings (SSSR count). The van der Waals surface area contributed by atoms with Gasteiger partial charge < -0.3 is 24.4 Å². The zero-order valence-electron chi connectivity index (χ0n) is 15.2. The maximum atomic E-state index is 12.4. The average Bonchev–Trinajstić information content (AvgIpc) is 3.22. The molecule has 2 aromatic rings. The maximum Gasteiger partial charge on any atom is 0.272 e. The van der Waals surface area contributed by atoms with Gasteiger partial charge in [-0.2, -0.15) is 0 Å². The lowest BCUT2D eigenvalue weighted by molar-refractivity contribution is 0.0787. The molecule has 1 aliphatic rings. The molecule has 26 heavy (non-hydrogen) atoms. The van der Waals surface area contributed by atoms with Crippen LogP contribution in [0.4, 0.5) is 11.4 Å². The molecule has 0 unspecified atom stereocenters. The quantitative estimate of drug-likeness (QED) is 0.856. The minimum Gasteiger partial charge on any atom is -0.493 e. The van der Waals surface area contributed by atoms with Gasteiger partial charge in [-0.05, 0) is 25.0 Å². The summed E-state index contributed by atoms with van der Waals surface area (Å²) in [5.41, 5.74) is 1.99. The fourth-order valence-electron chi connectivity index (χ4n) is 3.00. The maximum absolute atomic E-state index is 12.4. The molecule has 2 heterocycles. The number of likely N-dealkylation sites (tertiary alicyclic amines) is 1. The number of aromatic nitrogens is 1. The number of ether oxygens (including phenoxy) is 3. The number of carbonyl (C=O) groups excluding carboxylic acids is 1. The normalized spacial score (nSPS) is 13.4. The molecule has 1 amide bonds. The van der Waals surface area contributed by atoms with Crippen LogP contribution >= 0.6 is 0 Å². The van der Waals surface area contributed by atoms with Crippen LogP contribution < -0.4 is 19.5 Å². The summed E-state index contributed by atoms with van der Waals surface area (Å²) < 4.78 is 16.0. The van der Waals surface area contributed by atoms with Crippen LogP contribution in [0.15, 0.2) is 30.5 Å². The molecule has 7 heteroatoms. The third-order valence-corrected chi connectivity index (χ3v) is 4.33. The summed E-state index contributed by atoms with van der Waals surface area (Å²) in [6.07, 6.45) is 3.77. The largest absolute Gasteiger partial charge is 0.493 e. The standard InChI is InChI=1S/C19H23N3O4/c1-24-16-10-14(11-17(25-2)18(16)26-3)21-13-6-7-15(20-12-13)19(23)22-8-4-5-9-22/h6-7,10-12,21H,4-5,8-9H2,1-3H3.